The van der Waals surface area contributed by atoms with Crippen LogP contribution < -0.4 is 5.73 Å². The fourth-order valence-electron chi connectivity index (χ4n) is 3.21. The highest BCUT2D eigenvalue weighted by Gasteiger charge is 2.22. The van der Waals surface area contributed by atoms with Crippen LogP contribution in [-0.4, -0.2) is 68.7 Å². The topological polar surface area (TPSA) is 54.1 Å². The normalized spacial score (nSPS) is 29.1. The molecular weight excluding hydrogens is 252 g/mol. The van der Waals surface area contributed by atoms with Crippen LogP contribution in [0.2, 0.25) is 0 Å². The van der Waals surface area contributed by atoms with Crippen molar-refractivity contribution < 1.29 is 4.74 Å². The molecule has 0 amide bonds. The van der Waals surface area contributed by atoms with Gasteiger partial charge in [-0.3, -0.25) is 4.99 Å². The zero-order chi connectivity index (χ0) is 14.4. The van der Waals surface area contributed by atoms with E-state index in [4.69, 9.17) is 10.5 Å². The van der Waals surface area contributed by atoms with E-state index in [1.165, 1.54) is 25.8 Å². The Kier molecular flexibility index (Phi) is 6.10. The van der Waals surface area contributed by atoms with Crippen molar-refractivity contribution in [2.24, 2.45) is 22.6 Å². The molecule has 0 unspecified atom stereocenters. The van der Waals surface area contributed by atoms with E-state index in [1.807, 2.05) is 0 Å². The number of ether oxygens (including phenoxy) is 1. The molecule has 2 saturated heterocycles. The van der Waals surface area contributed by atoms with E-state index in [0.29, 0.717) is 5.92 Å². The molecule has 0 radical (unpaired) electrons. The second-order valence-corrected chi connectivity index (χ2v) is 6.34. The van der Waals surface area contributed by atoms with Crippen molar-refractivity contribution in [3.05, 3.63) is 0 Å². The van der Waals surface area contributed by atoms with Crippen molar-refractivity contribution in [1.82, 2.24) is 9.80 Å². The lowest BCUT2D eigenvalue weighted by atomic mass is 10.0. The quantitative estimate of drug-likeness (QED) is 0.604. The summed E-state index contributed by atoms with van der Waals surface area (Å²) in [6, 6.07) is 0. The summed E-state index contributed by atoms with van der Waals surface area (Å²) >= 11 is 0. The molecule has 2 atom stereocenters. The molecule has 0 aromatic rings. The summed E-state index contributed by atoms with van der Waals surface area (Å²) in [6.45, 7) is 9.48. The summed E-state index contributed by atoms with van der Waals surface area (Å²) in [7, 11) is 1.76. The van der Waals surface area contributed by atoms with Crippen LogP contribution in [0.4, 0.5) is 0 Å². The number of hydrogen-bond acceptors (Lipinski definition) is 3. The average Bonchev–Trinajstić information content (AvgIpc) is 2.90. The predicted octanol–water partition coefficient (Wildman–Crippen LogP) is 1.00. The molecule has 0 aliphatic carbocycles. The van der Waals surface area contributed by atoms with Crippen molar-refractivity contribution in [2.75, 3.05) is 53.0 Å². The molecule has 2 N–H and O–H groups in total. The van der Waals surface area contributed by atoms with E-state index in [9.17, 15) is 0 Å². The molecule has 0 aromatic carbocycles. The number of guanidine groups is 1. The molecule has 5 heteroatoms. The summed E-state index contributed by atoms with van der Waals surface area (Å²) in [5.41, 5.74) is 6.15. The Labute approximate surface area is 123 Å². The van der Waals surface area contributed by atoms with Crippen molar-refractivity contribution in [3.63, 3.8) is 0 Å². The van der Waals surface area contributed by atoms with Gasteiger partial charge in [0.2, 0.25) is 0 Å². The Morgan fingerprint density at radius 3 is 2.90 bits per heavy atom. The molecule has 2 fully saturated rings. The van der Waals surface area contributed by atoms with Crippen LogP contribution in [0.25, 0.3) is 0 Å². The molecule has 2 heterocycles. The van der Waals surface area contributed by atoms with Gasteiger partial charge in [0.05, 0.1) is 6.61 Å². The van der Waals surface area contributed by atoms with Crippen molar-refractivity contribution >= 4 is 5.96 Å². The highest BCUT2D eigenvalue weighted by Crippen LogP contribution is 2.17. The van der Waals surface area contributed by atoms with E-state index in [-0.39, 0.29) is 0 Å². The maximum atomic E-state index is 6.15. The van der Waals surface area contributed by atoms with Gasteiger partial charge in [-0.25, -0.2) is 0 Å². The number of nitrogens with two attached hydrogens (primary N) is 1. The third-order valence-electron chi connectivity index (χ3n) is 4.47. The van der Waals surface area contributed by atoms with E-state index in [2.05, 4.69) is 21.7 Å². The van der Waals surface area contributed by atoms with Crippen LogP contribution in [0.3, 0.4) is 0 Å². The van der Waals surface area contributed by atoms with Gasteiger partial charge in [-0.1, -0.05) is 6.92 Å². The fourth-order valence-corrected chi connectivity index (χ4v) is 3.21. The number of aliphatic imine (C=N–C) groups is 1. The molecule has 0 spiro atoms. The van der Waals surface area contributed by atoms with E-state index in [1.54, 1.807) is 7.11 Å². The minimum absolute atomic E-state index is 0.660. The van der Waals surface area contributed by atoms with Crippen LogP contribution in [0.5, 0.6) is 0 Å². The molecule has 5 nitrogen and oxygen atoms in total. The van der Waals surface area contributed by atoms with Gasteiger partial charge in [-0.2, -0.15) is 0 Å². The molecule has 116 valence electrons. The van der Waals surface area contributed by atoms with Gasteiger partial charge in [-0.05, 0) is 37.6 Å². The third-order valence-corrected chi connectivity index (χ3v) is 4.47. The molecule has 0 aromatic heterocycles. The molecule has 2 aliphatic rings. The van der Waals surface area contributed by atoms with E-state index < -0.39 is 0 Å². The van der Waals surface area contributed by atoms with Crippen molar-refractivity contribution in [2.45, 2.75) is 26.2 Å². The Morgan fingerprint density at radius 1 is 1.30 bits per heavy atom. The first-order valence-corrected chi connectivity index (χ1v) is 7.95. The number of likely N-dealkylation sites (tertiary alicyclic amines) is 2. The summed E-state index contributed by atoms with van der Waals surface area (Å²) < 4.78 is 5.13. The smallest absolute Gasteiger partial charge is 0.191 e. The number of methoxy groups -OCH3 is 1. The Morgan fingerprint density at radius 2 is 2.15 bits per heavy atom. The number of hydrogen-bond donors (Lipinski definition) is 1. The first-order chi connectivity index (χ1) is 9.69. The van der Waals surface area contributed by atoms with Crippen molar-refractivity contribution in [3.8, 4) is 0 Å². The number of piperidine rings is 1. The predicted molar refractivity (Wildman–Crippen MR) is 82.9 cm³/mol. The molecule has 0 saturated carbocycles. The van der Waals surface area contributed by atoms with Crippen LogP contribution in [0, 0.1) is 11.8 Å². The first kappa shape index (κ1) is 15.6. The Hall–Kier alpha value is -0.810. The minimum Gasteiger partial charge on any atom is -0.383 e. The number of nitrogens with zero attached hydrogens (tertiary/aromatic N) is 3. The van der Waals surface area contributed by atoms with Crippen LogP contribution in [0.15, 0.2) is 4.99 Å². The second kappa shape index (κ2) is 7.84. The van der Waals surface area contributed by atoms with Gasteiger partial charge < -0.3 is 20.3 Å². The van der Waals surface area contributed by atoms with Gasteiger partial charge >= 0.3 is 0 Å². The zero-order valence-electron chi connectivity index (χ0n) is 13.1. The lowest BCUT2D eigenvalue weighted by Crippen LogP contribution is -2.43. The molecule has 2 aliphatic heterocycles. The zero-order valence-corrected chi connectivity index (χ0v) is 13.1. The van der Waals surface area contributed by atoms with Gasteiger partial charge in [0, 0.05) is 39.8 Å². The largest absolute Gasteiger partial charge is 0.383 e. The summed E-state index contributed by atoms with van der Waals surface area (Å²) in [5, 5.41) is 0. The molecule has 0 bridgehead atoms. The van der Waals surface area contributed by atoms with Crippen molar-refractivity contribution in [1.29, 1.82) is 0 Å². The fraction of sp³-hybridized carbons (Fsp3) is 0.933. The summed E-state index contributed by atoms with van der Waals surface area (Å²) in [6.07, 6.45) is 3.80. The Balaban J connectivity index is 1.72. The van der Waals surface area contributed by atoms with Gasteiger partial charge in [0.25, 0.3) is 0 Å². The van der Waals surface area contributed by atoms with Gasteiger partial charge in [0.1, 0.15) is 0 Å². The second-order valence-electron chi connectivity index (χ2n) is 6.34. The van der Waals surface area contributed by atoms with E-state index >= 15 is 0 Å². The lowest BCUT2D eigenvalue weighted by molar-refractivity contribution is 0.159. The third kappa shape index (κ3) is 4.63. The highest BCUT2D eigenvalue weighted by molar-refractivity contribution is 5.78. The summed E-state index contributed by atoms with van der Waals surface area (Å²) in [4.78, 5) is 9.36. The van der Waals surface area contributed by atoms with Crippen LogP contribution in [-0.2, 0) is 4.74 Å². The highest BCUT2D eigenvalue weighted by atomic mass is 16.5. The maximum absolute atomic E-state index is 6.15. The first-order valence-electron chi connectivity index (χ1n) is 7.95. The lowest BCUT2D eigenvalue weighted by Gasteiger charge is -2.31. The van der Waals surface area contributed by atoms with Crippen LogP contribution in [0.1, 0.15) is 26.2 Å². The maximum Gasteiger partial charge on any atom is 0.191 e. The van der Waals surface area contributed by atoms with E-state index in [0.717, 1.165) is 51.2 Å². The SMILES string of the molecule is COCCN1CC[C@@H](CN=C(N)N2CCC[C@H](C)C2)C1. The van der Waals surface area contributed by atoms with Crippen LogP contribution >= 0.6 is 0 Å². The van der Waals surface area contributed by atoms with Gasteiger partial charge in [0.15, 0.2) is 5.96 Å². The minimum atomic E-state index is 0.660. The Bertz CT molecular complexity index is 321. The standard InChI is InChI=1S/C15H30N4O/c1-13-4-3-6-19(11-13)15(16)17-10-14-5-7-18(12-14)8-9-20-2/h13-14H,3-12H2,1-2H3,(H2,16,17)/t13-,14-/m0/s1. The molecule has 20 heavy (non-hydrogen) atoms. The number of rotatable bonds is 5. The summed E-state index contributed by atoms with van der Waals surface area (Å²) in [5.74, 6) is 2.16. The molecule has 2 rings (SSSR count). The van der Waals surface area contributed by atoms with Gasteiger partial charge in [-0.15, -0.1) is 0 Å². The monoisotopic (exact) mass is 282 g/mol. The molecular formula is C15H30N4O. The average molecular weight is 282 g/mol.